The first-order chi connectivity index (χ1) is 12.2. The lowest BCUT2D eigenvalue weighted by molar-refractivity contribution is -0.558. The van der Waals surface area contributed by atoms with Crippen LogP contribution in [0.3, 0.4) is 0 Å². The van der Waals surface area contributed by atoms with Crippen LogP contribution < -0.4 is 21.2 Å². The lowest BCUT2D eigenvalue weighted by Gasteiger charge is -2.04. The molecule has 1 rings (SSSR count). The molecule has 26 heavy (non-hydrogen) atoms. The summed E-state index contributed by atoms with van der Waals surface area (Å²) in [6, 6.07) is 10.4. The van der Waals surface area contributed by atoms with Crippen molar-refractivity contribution in [1.82, 2.24) is 0 Å². The van der Waals surface area contributed by atoms with E-state index in [4.69, 9.17) is 4.74 Å². The van der Waals surface area contributed by atoms with Gasteiger partial charge in [0.15, 0.2) is 13.4 Å². The highest BCUT2D eigenvalue weighted by Crippen LogP contribution is 2.12. The minimum Gasteiger partial charge on any atom is -0.427 e. The van der Waals surface area contributed by atoms with Crippen LogP contribution in [0.15, 0.2) is 40.2 Å². The van der Waals surface area contributed by atoms with Crippen LogP contribution in [0.25, 0.3) is 0 Å². The maximum Gasteiger partial charge on any atom is 0.673 e. The number of unbranched alkanes of at least 4 members (excludes halogenated alkanes) is 5. The van der Waals surface area contributed by atoms with Crippen molar-refractivity contribution in [2.24, 2.45) is 0 Å². The van der Waals surface area contributed by atoms with Gasteiger partial charge in [0, 0.05) is 13.3 Å². The van der Waals surface area contributed by atoms with E-state index in [-0.39, 0.29) is 27.2 Å². The number of allylic oxidation sites excluding steroid dienone is 1. The number of ether oxygens (including phenoxy) is 1. The van der Waals surface area contributed by atoms with Gasteiger partial charge in [-0.05, 0) is 18.6 Å². The summed E-state index contributed by atoms with van der Waals surface area (Å²) in [6.07, 6.45) is 8.43. The predicted molar refractivity (Wildman–Crippen MR) is 93.2 cm³/mol. The quantitative estimate of drug-likeness (QED) is 0.126. The van der Waals surface area contributed by atoms with E-state index in [0.29, 0.717) is 0 Å². The van der Waals surface area contributed by atoms with Crippen molar-refractivity contribution in [3.8, 4) is 0 Å². The highest BCUT2D eigenvalue weighted by molar-refractivity contribution is 6.50. The molecule has 0 amide bonds. The molecule has 0 aromatic heterocycles. The van der Waals surface area contributed by atoms with Gasteiger partial charge in [-0.1, -0.05) is 57.2 Å². The van der Waals surface area contributed by atoms with Crippen LogP contribution in [-0.4, -0.2) is 13.2 Å². The molecule has 8 heteroatoms. The number of carbonyl (C=O) groups excluding carboxylic acids is 1. The summed E-state index contributed by atoms with van der Waals surface area (Å²) in [4.78, 5) is 11.2. The van der Waals surface area contributed by atoms with Gasteiger partial charge in [0.25, 0.3) is 0 Å². The SMILES string of the molecule is CCCCCCCC/C(=C/[I+]c1ccccc1)OC(C)=O.F[B-](F)(F)F. The smallest absolute Gasteiger partial charge is 0.427 e. The third kappa shape index (κ3) is 19.3. The summed E-state index contributed by atoms with van der Waals surface area (Å²) in [5.41, 5.74) is 0. The predicted octanol–water partition coefficient (Wildman–Crippen LogP) is 3.40. The summed E-state index contributed by atoms with van der Waals surface area (Å²) in [6.45, 7) is 3.71. The molecule has 0 aliphatic heterocycles. The van der Waals surface area contributed by atoms with E-state index < -0.39 is 7.25 Å². The number of halogens is 5. The van der Waals surface area contributed by atoms with E-state index in [9.17, 15) is 22.1 Å². The van der Waals surface area contributed by atoms with E-state index in [2.05, 4.69) is 35.3 Å². The Labute approximate surface area is 163 Å². The van der Waals surface area contributed by atoms with Crippen molar-refractivity contribution in [3.05, 3.63) is 43.7 Å². The second-order valence-electron chi connectivity index (χ2n) is 5.59. The Morgan fingerprint density at radius 2 is 1.58 bits per heavy atom. The Balaban J connectivity index is 0.00000110. The van der Waals surface area contributed by atoms with E-state index in [1.165, 1.54) is 42.6 Å². The molecule has 0 heterocycles. The van der Waals surface area contributed by atoms with Crippen LogP contribution in [0.5, 0.6) is 0 Å². The van der Waals surface area contributed by atoms with Crippen LogP contribution in [0, 0.1) is 3.57 Å². The first kappa shape index (κ1) is 24.9. The number of rotatable bonds is 10. The molecule has 0 fully saturated rings. The van der Waals surface area contributed by atoms with Gasteiger partial charge < -0.3 is 22.0 Å². The zero-order chi connectivity index (χ0) is 19.8. The third-order valence-corrected chi connectivity index (χ3v) is 5.53. The lowest BCUT2D eigenvalue weighted by Crippen LogP contribution is -3.59. The van der Waals surface area contributed by atoms with Crippen molar-refractivity contribution < 1.29 is 48.0 Å². The van der Waals surface area contributed by atoms with Gasteiger partial charge >= 0.3 is 34.4 Å². The van der Waals surface area contributed by atoms with Crippen molar-refractivity contribution in [3.63, 3.8) is 0 Å². The molecule has 0 saturated carbocycles. The van der Waals surface area contributed by atoms with Crippen molar-refractivity contribution in [2.75, 3.05) is 0 Å². The molecule has 1 aromatic rings. The molecule has 0 N–H and O–H groups in total. The topological polar surface area (TPSA) is 26.3 Å². The van der Waals surface area contributed by atoms with E-state index in [1.807, 2.05) is 6.07 Å². The van der Waals surface area contributed by atoms with Crippen molar-refractivity contribution >= 4 is 13.2 Å². The molecule has 0 atom stereocenters. The lowest BCUT2D eigenvalue weighted by atomic mass is 10.1. The molecule has 1 aromatic carbocycles. The van der Waals surface area contributed by atoms with Gasteiger partial charge in [-0.15, -0.1) is 0 Å². The van der Waals surface area contributed by atoms with E-state index >= 15 is 0 Å². The normalized spacial score (nSPS) is 11.5. The Bertz CT molecular complexity index is 516. The van der Waals surface area contributed by atoms with Crippen LogP contribution >= 0.6 is 0 Å². The standard InChI is InChI=1S/C18H26IO2.BF4/c1-3-4-5-6-7-11-14-18(21-16(2)20)15-19-17-12-9-8-10-13-17;2-1(3,4)5/h8-10,12-13,15H,3-7,11,14H2,1-2H3;/q+1;-1/b18-15-;. The molecule has 148 valence electrons. The molecule has 0 spiro atoms. The van der Waals surface area contributed by atoms with Crippen molar-refractivity contribution in [1.29, 1.82) is 0 Å². The Morgan fingerprint density at radius 3 is 2.12 bits per heavy atom. The van der Waals surface area contributed by atoms with Gasteiger partial charge in [-0.2, -0.15) is 0 Å². The van der Waals surface area contributed by atoms with Gasteiger partial charge in [-0.3, -0.25) is 4.79 Å². The number of benzene rings is 1. The number of hydrogen-bond donors (Lipinski definition) is 0. The molecule has 0 unspecified atom stereocenters. The fourth-order valence-corrected chi connectivity index (χ4v) is 3.98. The molecule has 2 nitrogen and oxygen atoms in total. The van der Waals surface area contributed by atoms with Gasteiger partial charge in [0.05, 0.1) is 0 Å². The summed E-state index contributed by atoms with van der Waals surface area (Å²) in [5.74, 6) is 0.666. The van der Waals surface area contributed by atoms with Gasteiger partial charge in [0.1, 0.15) is 0 Å². The molecule has 0 saturated heterocycles. The first-order valence-electron chi connectivity index (χ1n) is 8.65. The zero-order valence-corrected chi connectivity index (χ0v) is 17.4. The summed E-state index contributed by atoms with van der Waals surface area (Å²) < 4.78 is 47.9. The zero-order valence-electron chi connectivity index (χ0n) is 15.2. The summed E-state index contributed by atoms with van der Waals surface area (Å²) in [7, 11) is -6.00. The molecule has 0 bridgehead atoms. The molecule has 0 aliphatic carbocycles. The number of carbonyl (C=O) groups is 1. The largest absolute Gasteiger partial charge is 0.673 e. The van der Waals surface area contributed by atoms with Crippen LogP contribution in [0.4, 0.5) is 17.3 Å². The van der Waals surface area contributed by atoms with Crippen LogP contribution in [0.2, 0.25) is 0 Å². The van der Waals surface area contributed by atoms with E-state index in [1.54, 1.807) is 0 Å². The minimum absolute atomic E-state index is 0.204. The monoisotopic (exact) mass is 488 g/mol. The summed E-state index contributed by atoms with van der Waals surface area (Å²) in [5, 5.41) is 0. The van der Waals surface area contributed by atoms with Gasteiger partial charge in [0.2, 0.25) is 0 Å². The average molecular weight is 488 g/mol. The Kier molecular flexibility index (Phi) is 14.4. The number of esters is 1. The fraction of sp³-hybridized carbons (Fsp3) is 0.500. The Hall–Kier alpha value is -1.06. The van der Waals surface area contributed by atoms with Crippen molar-refractivity contribution in [2.45, 2.75) is 58.8 Å². The fourth-order valence-electron chi connectivity index (χ4n) is 2.00. The second-order valence-corrected chi connectivity index (χ2v) is 8.08. The maximum atomic E-state index is 11.2. The van der Waals surface area contributed by atoms with Gasteiger partial charge in [-0.25, -0.2) is 0 Å². The number of hydrogen-bond acceptors (Lipinski definition) is 2. The minimum atomic E-state index is -6.00. The van der Waals surface area contributed by atoms with Crippen LogP contribution in [-0.2, 0) is 9.53 Å². The molecular weight excluding hydrogens is 462 g/mol. The first-order valence-corrected chi connectivity index (χ1v) is 11.0. The highest BCUT2D eigenvalue weighted by Gasteiger charge is 2.20. The molecule has 0 radical (unpaired) electrons. The summed E-state index contributed by atoms with van der Waals surface area (Å²) >= 11 is -0.217. The second kappa shape index (κ2) is 15.0. The van der Waals surface area contributed by atoms with Crippen LogP contribution in [0.1, 0.15) is 58.8 Å². The molecular formula is C18H26BF4IO2. The molecule has 0 aliphatic rings. The third-order valence-electron chi connectivity index (χ3n) is 3.09. The maximum absolute atomic E-state index is 11.2. The van der Waals surface area contributed by atoms with E-state index in [0.717, 1.165) is 18.6 Å². The Morgan fingerprint density at radius 1 is 1.04 bits per heavy atom. The highest BCUT2D eigenvalue weighted by atomic mass is 127. The average Bonchev–Trinajstić information content (AvgIpc) is 2.54.